The molecule has 0 aliphatic heterocycles. The molecule has 4 rings (SSSR count). The van der Waals surface area contributed by atoms with Gasteiger partial charge in [-0.2, -0.15) is 0 Å². The van der Waals surface area contributed by atoms with E-state index in [-0.39, 0.29) is 0 Å². The van der Waals surface area contributed by atoms with E-state index < -0.39 is 5.60 Å². The maximum atomic E-state index is 12.2. The fraction of sp³-hybridized carbons (Fsp3) is 0.231. The van der Waals surface area contributed by atoms with Crippen LogP contribution >= 0.6 is 0 Å². The molecule has 1 atom stereocenters. The third-order valence-corrected chi connectivity index (χ3v) is 5.66. The molecule has 0 radical (unpaired) electrons. The summed E-state index contributed by atoms with van der Waals surface area (Å²) in [7, 11) is 1.68. The van der Waals surface area contributed by atoms with E-state index in [4.69, 9.17) is 4.74 Å². The van der Waals surface area contributed by atoms with Crippen LogP contribution in [0, 0.1) is 0 Å². The Bertz CT molecular complexity index is 989. The lowest BCUT2D eigenvalue weighted by molar-refractivity contribution is 0.120. The number of unbranched alkanes of at least 4 members (excludes halogenated alkanes) is 1. The normalized spacial score (nSPS) is 18.2. The molecule has 1 N–H and O–H groups in total. The van der Waals surface area contributed by atoms with Gasteiger partial charge in [0.2, 0.25) is 0 Å². The van der Waals surface area contributed by atoms with Crippen LogP contribution in [0.25, 0.3) is 5.57 Å². The van der Waals surface area contributed by atoms with Gasteiger partial charge in [-0.1, -0.05) is 80.1 Å². The molecule has 0 fully saturated rings. The maximum absolute atomic E-state index is 12.2. The van der Waals surface area contributed by atoms with Crippen LogP contribution in [-0.2, 0) is 5.60 Å². The summed E-state index contributed by atoms with van der Waals surface area (Å²) >= 11 is 0. The third-order valence-electron chi connectivity index (χ3n) is 5.66. The van der Waals surface area contributed by atoms with Crippen LogP contribution < -0.4 is 4.74 Å². The van der Waals surface area contributed by atoms with Crippen LogP contribution in [-0.4, -0.2) is 12.2 Å². The monoisotopic (exact) mass is 370 g/mol. The van der Waals surface area contributed by atoms with E-state index in [0.29, 0.717) is 0 Å². The highest BCUT2D eigenvalue weighted by atomic mass is 16.5. The second-order valence-corrected chi connectivity index (χ2v) is 7.31. The Morgan fingerprint density at radius 2 is 1.57 bits per heavy atom. The number of fused-ring (bicyclic) bond motifs is 1. The predicted molar refractivity (Wildman–Crippen MR) is 114 cm³/mol. The van der Waals surface area contributed by atoms with Crippen molar-refractivity contribution >= 4 is 5.57 Å². The van der Waals surface area contributed by atoms with E-state index in [1.165, 1.54) is 0 Å². The minimum Gasteiger partial charge on any atom is -0.497 e. The van der Waals surface area contributed by atoms with E-state index in [0.717, 1.165) is 58.4 Å². The number of aliphatic hydroxyl groups is 1. The van der Waals surface area contributed by atoms with Gasteiger partial charge in [-0.25, -0.2) is 0 Å². The van der Waals surface area contributed by atoms with Gasteiger partial charge in [-0.05, 0) is 52.8 Å². The Balaban J connectivity index is 2.04. The average Bonchev–Trinajstić information content (AvgIpc) is 3.02. The van der Waals surface area contributed by atoms with Crippen LogP contribution in [0.15, 0.2) is 84.4 Å². The molecule has 0 saturated heterocycles. The van der Waals surface area contributed by atoms with Crippen molar-refractivity contribution in [2.75, 3.05) is 7.11 Å². The van der Waals surface area contributed by atoms with Crippen molar-refractivity contribution < 1.29 is 9.84 Å². The van der Waals surface area contributed by atoms with Gasteiger partial charge in [0.25, 0.3) is 0 Å². The van der Waals surface area contributed by atoms with Crippen LogP contribution in [0.5, 0.6) is 5.75 Å². The summed E-state index contributed by atoms with van der Waals surface area (Å²) in [6.07, 6.45) is 2.96. The minimum absolute atomic E-state index is 0.805. The van der Waals surface area contributed by atoms with Crippen molar-refractivity contribution in [3.05, 3.63) is 107 Å². The van der Waals surface area contributed by atoms with Crippen LogP contribution in [0.3, 0.4) is 0 Å². The Kier molecular flexibility index (Phi) is 5.06. The molecule has 28 heavy (non-hydrogen) atoms. The lowest BCUT2D eigenvalue weighted by atomic mass is 9.81. The van der Waals surface area contributed by atoms with Crippen molar-refractivity contribution in [1.29, 1.82) is 0 Å². The summed E-state index contributed by atoms with van der Waals surface area (Å²) in [5, 5.41) is 12.2. The first-order valence-electron chi connectivity index (χ1n) is 9.96. The standard InChI is InChI=1S/C26H26O2/c1-3-4-15-24-25(19-11-7-5-8-12-19)22-18-21(28-2)16-17-23(22)26(24,27)20-13-9-6-10-14-20/h5-14,16-18,27H,3-4,15H2,1-2H3. The Hall–Kier alpha value is -2.84. The molecular weight excluding hydrogens is 344 g/mol. The number of hydrogen-bond acceptors (Lipinski definition) is 2. The number of benzene rings is 3. The van der Waals surface area contributed by atoms with E-state index in [9.17, 15) is 5.11 Å². The fourth-order valence-corrected chi connectivity index (χ4v) is 4.28. The van der Waals surface area contributed by atoms with Gasteiger partial charge in [0.05, 0.1) is 7.11 Å². The number of methoxy groups -OCH3 is 1. The summed E-state index contributed by atoms with van der Waals surface area (Å²) in [5.41, 5.74) is 5.13. The number of ether oxygens (including phenoxy) is 1. The van der Waals surface area contributed by atoms with Gasteiger partial charge in [0, 0.05) is 5.56 Å². The van der Waals surface area contributed by atoms with Crippen molar-refractivity contribution in [3.8, 4) is 5.75 Å². The second kappa shape index (κ2) is 7.65. The molecule has 0 aromatic heterocycles. The van der Waals surface area contributed by atoms with E-state index in [2.05, 4.69) is 37.3 Å². The summed E-state index contributed by atoms with van der Waals surface area (Å²) in [6, 6.07) is 26.4. The SMILES string of the molecule is CCCCC1=C(c2ccccc2)c2cc(OC)ccc2C1(O)c1ccccc1. The summed E-state index contributed by atoms with van der Waals surface area (Å²) in [5.74, 6) is 0.805. The highest BCUT2D eigenvalue weighted by Gasteiger charge is 2.44. The molecule has 1 aliphatic carbocycles. The Labute approximate surface area is 167 Å². The molecule has 2 nitrogen and oxygen atoms in total. The topological polar surface area (TPSA) is 29.5 Å². The number of rotatable bonds is 6. The first-order valence-corrected chi connectivity index (χ1v) is 9.96. The molecule has 0 bridgehead atoms. The van der Waals surface area contributed by atoms with Gasteiger partial charge >= 0.3 is 0 Å². The van der Waals surface area contributed by atoms with E-state index in [1.54, 1.807) is 7.11 Å². The van der Waals surface area contributed by atoms with Crippen LogP contribution in [0.4, 0.5) is 0 Å². The van der Waals surface area contributed by atoms with Gasteiger partial charge in [0.15, 0.2) is 0 Å². The van der Waals surface area contributed by atoms with E-state index >= 15 is 0 Å². The molecular formula is C26H26O2. The maximum Gasteiger partial charge on any atom is 0.138 e. The van der Waals surface area contributed by atoms with Crippen molar-refractivity contribution in [2.45, 2.75) is 31.8 Å². The molecule has 0 saturated carbocycles. The van der Waals surface area contributed by atoms with Gasteiger partial charge in [-0.3, -0.25) is 0 Å². The highest BCUT2D eigenvalue weighted by molar-refractivity contribution is 5.91. The fourth-order valence-electron chi connectivity index (χ4n) is 4.28. The lowest BCUT2D eigenvalue weighted by Gasteiger charge is -2.29. The molecule has 2 heteroatoms. The predicted octanol–water partition coefficient (Wildman–Crippen LogP) is 5.94. The summed E-state index contributed by atoms with van der Waals surface area (Å²) in [4.78, 5) is 0. The molecule has 3 aromatic carbocycles. The van der Waals surface area contributed by atoms with Crippen LogP contribution in [0.1, 0.15) is 48.4 Å². The summed E-state index contributed by atoms with van der Waals surface area (Å²) in [6.45, 7) is 2.19. The Morgan fingerprint density at radius 3 is 2.21 bits per heavy atom. The number of hydrogen-bond donors (Lipinski definition) is 1. The zero-order valence-corrected chi connectivity index (χ0v) is 16.5. The van der Waals surface area contributed by atoms with E-state index in [1.807, 2.05) is 48.5 Å². The second-order valence-electron chi connectivity index (χ2n) is 7.31. The minimum atomic E-state index is -1.12. The molecule has 142 valence electrons. The third kappa shape index (κ3) is 2.94. The first-order chi connectivity index (χ1) is 13.7. The van der Waals surface area contributed by atoms with Gasteiger partial charge < -0.3 is 9.84 Å². The van der Waals surface area contributed by atoms with Crippen molar-refractivity contribution in [1.82, 2.24) is 0 Å². The molecule has 0 spiro atoms. The quantitative estimate of drug-likeness (QED) is 0.582. The lowest BCUT2D eigenvalue weighted by Crippen LogP contribution is -2.27. The van der Waals surface area contributed by atoms with Crippen LogP contribution in [0.2, 0.25) is 0 Å². The first kappa shape index (κ1) is 18.5. The van der Waals surface area contributed by atoms with Crippen molar-refractivity contribution in [3.63, 3.8) is 0 Å². The smallest absolute Gasteiger partial charge is 0.138 e. The molecule has 0 amide bonds. The molecule has 3 aromatic rings. The molecule has 1 unspecified atom stereocenters. The zero-order chi connectivity index (χ0) is 19.6. The molecule has 1 aliphatic rings. The molecule has 0 heterocycles. The average molecular weight is 370 g/mol. The van der Waals surface area contributed by atoms with Crippen molar-refractivity contribution in [2.24, 2.45) is 0 Å². The Morgan fingerprint density at radius 1 is 0.893 bits per heavy atom. The largest absolute Gasteiger partial charge is 0.497 e. The van der Waals surface area contributed by atoms with Gasteiger partial charge in [0.1, 0.15) is 11.4 Å². The summed E-state index contributed by atoms with van der Waals surface area (Å²) < 4.78 is 5.51. The highest BCUT2D eigenvalue weighted by Crippen LogP contribution is 2.53. The van der Waals surface area contributed by atoms with Gasteiger partial charge in [-0.15, -0.1) is 0 Å². The zero-order valence-electron chi connectivity index (χ0n) is 16.5.